The van der Waals surface area contributed by atoms with E-state index >= 15 is 0 Å². The van der Waals surface area contributed by atoms with Crippen molar-refractivity contribution >= 4 is 17.8 Å². The molecule has 0 spiro atoms. The molecule has 0 saturated carbocycles. The highest BCUT2D eigenvalue weighted by Crippen LogP contribution is 2.36. The summed E-state index contributed by atoms with van der Waals surface area (Å²) in [6.45, 7) is 3.47. The fraction of sp³-hybridized carbons (Fsp3) is 0.100. The van der Waals surface area contributed by atoms with E-state index in [0.717, 1.165) is 12.0 Å². The third-order valence-electron chi connectivity index (χ3n) is 3.78. The van der Waals surface area contributed by atoms with Crippen molar-refractivity contribution < 1.29 is 14.3 Å². The second kappa shape index (κ2) is 6.44. The van der Waals surface area contributed by atoms with Gasteiger partial charge in [-0.1, -0.05) is 61.2 Å². The number of rotatable bonds is 5. The van der Waals surface area contributed by atoms with Gasteiger partial charge in [-0.25, -0.2) is 4.79 Å². The van der Waals surface area contributed by atoms with Gasteiger partial charge in [-0.15, -0.1) is 0 Å². The van der Waals surface area contributed by atoms with E-state index < -0.39 is 11.8 Å². The van der Waals surface area contributed by atoms with Crippen molar-refractivity contribution in [1.29, 1.82) is 0 Å². The van der Waals surface area contributed by atoms with Gasteiger partial charge in [0.25, 0.3) is 5.78 Å². The zero-order chi connectivity index (χ0) is 16.2. The summed E-state index contributed by atoms with van der Waals surface area (Å²) in [5.41, 5.74) is 5.93. The number of ketones is 1. The number of carbonyl (C=O) groups excluding carboxylic acids is 2. The number of fused-ring (bicyclic) bond motifs is 3. The molecule has 0 bridgehead atoms. The van der Waals surface area contributed by atoms with E-state index in [1.807, 2.05) is 24.3 Å². The minimum absolute atomic E-state index is 0.0372. The van der Waals surface area contributed by atoms with Gasteiger partial charge in [-0.3, -0.25) is 4.79 Å². The summed E-state index contributed by atoms with van der Waals surface area (Å²) < 4.78 is 4.70. The molecule has 3 heteroatoms. The second-order valence-corrected chi connectivity index (χ2v) is 5.34. The Hall–Kier alpha value is -2.94. The first-order valence-corrected chi connectivity index (χ1v) is 7.40. The summed E-state index contributed by atoms with van der Waals surface area (Å²) in [7, 11) is 0. The van der Waals surface area contributed by atoms with Crippen LogP contribution in [0.25, 0.3) is 17.2 Å². The molecular formula is C20H16O3. The summed E-state index contributed by atoms with van der Waals surface area (Å²) in [6.07, 6.45) is 5.20. The lowest BCUT2D eigenvalue weighted by Crippen LogP contribution is -2.14. The van der Waals surface area contributed by atoms with Gasteiger partial charge in [-0.2, -0.15) is 0 Å². The van der Waals surface area contributed by atoms with E-state index in [4.69, 9.17) is 4.74 Å². The predicted molar refractivity (Wildman–Crippen MR) is 89.9 cm³/mol. The maximum Gasteiger partial charge on any atom is 0.379 e. The maximum atomic E-state index is 11.6. The summed E-state index contributed by atoms with van der Waals surface area (Å²) in [5.74, 6) is -1.54. The molecule has 114 valence electrons. The van der Waals surface area contributed by atoms with Gasteiger partial charge in [0.1, 0.15) is 6.61 Å². The molecule has 1 aliphatic rings. The van der Waals surface area contributed by atoms with Gasteiger partial charge in [0.05, 0.1) is 0 Å². The van der Waals surface area contributed by atoms with Crippen LogP contribution in [0.15, 0.2) is 61.2 Å². The van der Waals surface area contributed by atoms with E-state index in [-0.39, 0.29) is 6.61 Å². The predicted octanol–water partition coefficient (Wildman–Crippen LogP) is 3.57. The van der Waals surface area contributed by atoms with Crippen molar-refractivity contribution in [2.45, 2.75) is 6.42 Å². The number of esters is 1. The van der Waals surface area contributed by atoms with E-state index in [9.17, 15) is 9.59 Å². The first-order valence-electron chi connectivity index (χ1n) is 7.40. The normalized spacial score (nSPS) is 11.8. The lowest BCUT2D eigenvalue weighted by molar-refractivity contribution is -0.150. The number of benzene rings is 2. The molecule has 0 amide bonds. The smallest absolute Gasteiger partial charge is 0.379 e. The minimum atomic E-state index is -0.866. The third kappa shape index (κ3) is 3.14. The third-order valence-corrected chi connectivity index (χ3v) is 3.78. The Balaban J connectivity index is 1.75. The van der Waals surface area contributed by atoms with Crippen LogP contribution in [-0.4, -0.2) is 18.4 Å². The Labute approximate surface area is 134 Å². The van der Waals surface area contributed by atoms with E-state index in [1.165, 1.54) is 34.4 Å². The van der Waals surface area contributed by atoms with Gasteiger partial charge in [0.2, 0.25) is 0 Å². The van der Waals surface area contributed by atoms with Crippen LogP contribution in [0.1, 0.15) is 16.7 Å². The fourth-order valence-corrected chi connectivity index (χ4v) is 2.71. The number of ether oxygens (including phenoxy) is 1. The zero-order valence-corrected chi connectivity index (χ0v) is 12.6. The molecule has 0 heterocycles. The minimum Gasteiger partial charge on any atom is -0.455 e. The highest BCUT2D eigenvalue weighted by atomic mass is 16.5. The van der Waals surface area contributed by atoms with Crippen molar-refractivity contribution in [1.82, 2.24) is 0 Å². The molecule has 3 rings (SSSR count). The zero-order valence-electron chi connectivity index (χ0n) is 12.6. The molecule has 0 unspecified atom stereocenters. The van der Waals surface area contributed by atoms with Crippen LogP contribution < -0.4 is 0 Å². The first-order chi connectivity index (χ1) is 11.2. The van der Waals surface area contributed by atoms with Crippen LogP contribution in [0.3, 0.4) is 0 Å². The van der Waals surface area contributed by atoms with Crippen LogP contribution in [0.5, 0.6) is 0 Å². The van der Waals surface area contributed by atoms with Crippen LogP contribution in [0.2, 0.25) is 0 Å². The van der Waals surface area contributed by atoms with E-state index in [1.54, 1.807) is 6.08 Å². The topological polar surface area (TPSA) is 43.4 Å². The van der Waals surface area contributed by atoms with Gasteiger partial charge >= 0.3 is 5.97 Å². The van der Waals surface area contributed by atoms with Crippen molar-refractivity contribution in [3.05, 3.63) is 77.9 Å². The molecule has 2 aromatic carbocycles. The molecular weight excluding hydrogens is 288 g/mol. The first kappa shape index (κ1) is 15.0. The highest BCUT2D eigenvalue weighted by Gasteiger charge is 2.17. The molecule has 0 aromatic heterocycles. The molecule has 0 aliphatic heterocycles. The molecule has 23 heavy (non-hydrogen) atoms. The number of carbonyl (C=O) groups is 2. The van der Waals surface area contributed by atoms with Crippen molar-refractivity contribution in [2.24, 2.45) is 0 Å². The lowest BCUT2D eigenvalue weighted by Gasteiger charge is -2.02. The Morgan fingerprint density at radius 2 is 1.87 bits per heavy atom. The monoisotopic (exact) mass is 304 g/mol. The van der Waals surface area contributed by atoms with Crippen molar-refractivity contribution in [2.75, 3.05) is 6.61 Å². The van der Waals surface area contributed by atoms with Crippen LogP contribution >= 0.6 is 0 Å². The molecule has 1 aliphatic carbocycles. The molecule has 0 atom stereocenters. The Bertz CT molecular complexity index is 815. The van der Waals surface area contributed by atoms with Crippen molar-refractivity contribution in [3.63, 3.8) is 0 Å². The number of hydrogen-bond acceptors (Lipinski definition) is 3. The van der Waals surface area contributed by atoms with Crippen LogP contribution in [0, 0.1) is 0 Å². The van der Waals surface area contributed by atoms with Gasteiger partial charge in [0.15, 0.2) is 0 Å². The molecule has 0 saturated heterocycles. The number of hydrogen-bond donors (Lipinski definition) is 0. The summed E-state index contributed by atoms with van der Waals surface area (Å²) in [4.78, 5) is 23.0. The quantitative estimate of drug-likeness (QED) is 0.313. The summed E-state index contributed by atoms with van der Waals surface area (Å²) >= 11 is 0. The van der Waals surface area contributed by atoms with E-state index in [2.05, 4.69) is 24.8 Å². The van der Waals surface area contributed by atoms with Crippen LogP contribution in [0.4, 0.5) is 0 Å². The molecule has 2 aromatic rings. The summed E-state index contributed by atoms with van der Waals surface area (Å²) in [6, 6.07) is 14.4. The average molecular weight is 304 g/mol. The van der Waals surface area contributed by atoms with Gasteiger partial charge < -0.3 is 4.74 Å². The Morgan fingerprint density at radius 3 is 2.70 bits per heavy atom. The SMILES string of the molecule is C=CCOC(=O)C(=O)/C=C/c1ccc2c(c1)Cc1ccccc1-2. The average Bonchev–Trinajstić information content (AvgIpc) is 2.95. The van der Waals surface area contributed by atoms with Gasteiger partial charge in [0, 0.05) is 0 Å². The molecule has 0 fully saturated rings. The summed E-state index contributed by atoms with van der Waals surface area (Å²) in [5, 5.41) is 0. The largest absolute Gasteiger partial charge is 0.455 e. The Kier molecular flexibility index (Phi) is 4.20. The van der Waals surface area contributed by atoms with E-state index in [0.29, 0.717) is 0 Å². The molecule has 0 radical (unpaired) electrons. The van der Waals surface area contributed by atoms with Crippen molar-refractivity contribution in [3.8, 4) is 11.1 Å². The van der Waals surface area contributed by atoms with Crippen LogP contribution in [-0.2, 0) is 20.7 Å². The fourth-order valence-electron chi connectivity index (χ4n) is 2.71. The maximum absolute atomic E-state index is 11.6. The molecule has 3 nitrogen and oxygen atoms in total. The molecule has 0 N–H and O–H groups in total. The second-order valence-electron chi connectivity index (χ2n) is 5.34. The highest BCUT2D eigenvalue weighted by molar-refractivity contribution is 6.39. The van der Waals surface area contributed by atoms with Gasteiger partial charge in [-0.05, 0) is 40.3 Å². The standard InChI is InChI=1S/C20H16O3/c1-2-11-23-20(22)19(21)10-8-14-7-9-18-16(12-14)13-15-5-3-4-6-17(15)18/h2-10,12H,1,11,13H2/b10-8+. The lowest BCUT2D eigenvalue weighted by atomic mass is 10.0. The Morgan fingerprint density at radius 1 is 1.09 bits per heavy atom.